The summed E-state index contributed by atoms with van der Waals surface area (Å²) in [7, 11) is 0. The molecule has 9 rings (SSSR count). The van der Waals surface area contributed by atoms with Gasteiger partial charge in [-0.2, -0.15) is 0 Å². The Labute approximate surface area is 314 Å². The zero-order chi connectivity index (χ0) is 36.4. The predicted molar refractivity (Wildman–Crippen MR) is 228 cm³/mol. The maximum Gasteiger partial charge on any atom is 0.252 e. The maximum atomic E-state index is 2.57. The van der Waals surface area contributed by atoms with Crippen molar-refractivity contribution in [2.24, 2.45) is 0 Å². The molecule has 7 aromatic rings. The lowest BCUT2D eigenvalue weighted by atomic mass is 9.33. The molecule has 3 nitrogen and oxygen atoms in total. The number of hydrogen-bond donors (Lipinski definition) is 0. The standard InChI is InChI=1S/C49H44BN3/c1-33-21-26-38(27-22-33)52-42-20-14-13-19-40(42)50-41-31-35(3)25-30-43(41)53(39-28-23-34(2)24-29-39)48-46(49(4,5)6)44(32-45(52)47(48)50)51(36-15-9-7-10-16-36)37-17-11-8-12-18-37/h7-32H,1-6H3. The summed E-state index contributed by atoms with van der Waals surface area (Å²) in [5.74, 6) is 0. The van der Waals surface area contributed by atoms with Crippen LogP contribution in [0.15, 0.2) is 158 Å². The molecule has 7 aromatic carbocycles. The van der Waals surface area contributed by atoms with Gasteiger partial charge in [0, 0.05) is 51.1 Å². The number of anilines is 9. The molecule has 258 valence electrons. The molecule has 0 bridgehead atoms. The number of hydrogen-bond acceptors (Lipinski definition) is 3. The third kappa shape index (κ3) is 5.44. The molecular formula is C49H44BN3. The second kappa shape index (κ2) is 12.6. The van der Waals surface area contributed by atoms with Crippen molar-refractivity contribution in [3.63, 3.8) is 0 Å². The number of nitrogens with zero attached hydrogens (tertiary/aromatic N) is 3. The Hall–Kier alpha value is -6.00. The first-order valence-corrected chi connectivity index (χ1v) is 18.7. The van der Waals surface area contributed by atoms with E-state index < -0.39 is 0 Å². The van der Waals surface area contributed by atoms with Gasteiger partial charge in [-0.1, -0.05) is 128 Å². The van der Waals surface area contributed by atoms with Crippen LogP contribution in [0.5, 0.6) is 0 Å². The average molecular weight is 686 g/mol. The molecule has 0 radical (unpaired) electrons. The highest BCUT2D eigenvalue weighted by atomic mass is 15.2. The molecule has 0 fully saturated rings. The summed E-state index contributed by atoms with van der Waals surface area (Å²) in [5, 5.41) is 0. The summed E-state index contributed by atoms with van der Waals surface area (Å²) < 4.78 is 0. The van der Waals surface area contributed by atoms with Gasteiger partial charge in [-0.25, -0.2) is 0 Å². The Morgan fingerprint density at radius 2 is 0.981 bits per heavy atom. The average Bonchev–Trinajstić information content (AvgIpc) is 3.16. The smallest absolute Gasteiger partial charge is 0.252 e. The first-order valence-electron chi connectivity index (χ1n) is 18.7. The van der Waals surface area contributed by atoms with E-state index in [2.05, 4.69) is 214 Å². The zero-order valence-corrected chi connectivity index (χ0v) is 31.4. The Bertz CT molecular complexity index is 2430. The fraction of sp³-hybridized carbons (Fsp3) is 0.143. The minimum absolute atomic E-state index is 0.0477. The topological polar surface area (TPSA) is 9.72 Å². The molecule has 4 heteroatoms. The van der Waals surface area contributed by atoms with Gasteiger partial charge in [0.1, 0.15) is 0 Å². The summed E-state index contributed by atoms with van der Waals surface area (Å²) in [6, 6.07) is 58.5. The molecule has 2 aliphatic rings. The van der Waals surface area contributed by atoms with Gasteiger partial charge < -0.3 is 14.7 Å². The highest BCUT2D eigenvalue weighted by molar-refractivity contribution is 7.00. The van der Waals surface area contributed by atoms with E-state index in [1.807, 2.05) is 0 Å². The number of fused-ring (bicyclic) bond motifs is 4. The maximum absolute atomic E-state index is 2.57. The third-order valence-electron chi connectivity index (χ3n) is 10.9. The van der Waals surface area contributed by atoms with E-state index in [1.165, 1.54) is 67.1 Å². The van der Waals surface area contributed by atoms with Crippen molar-refractivity contribution >= 4 is 74.3 Å². The van der Waals surface area contributed by atoms with E-state index in [4.69, 9.17) is 0 Å². The Morgan fingerprint density at radius 1 is 0.472 bits per heavy atom. The normalized spacial score (nSPS) is 13.0. The van der Waals surface area contributed by atoms with Crippen molar-refractivity contribution in [1.29, 1.82) is 0 Å². The van der Waals surface area contributed by atoms with Crippen molar-refractivity contribution in [2.75, 3.05) is 14.7 Å². The molecule has 2 heterocycles. The summed E-state index contributed by atoms with van der Waals surface area (Å²) in [5.41, 5.74) is 19.5. The molecule has 0 N–H and O–H groups in total. The molecule has 0 spiro atoms. The van der Waals surface area contributed by atoms with Crippen LogP contribution in [0.1, 0.15) is 43.0 Å². The van der Waals surface area contributed by atoms with Crippen LogP contribution < -0.4 is 31.1 Å². The number of para-hydroxylation sites is 3. The van der Waals surface area contributed by atoms with Gasteiger partial charge in [-0.15, -0.1) is 0 Å². The van der Waals surface area contributed by atoms with Crippen LogP contribution in [-0.2, 0) is 5.41 Å². The quantitative estimate of drug-likeness (QED) is 0.167. The number of aryl methyl sites for hydroxylation is 3. The molecule has 0 aromatic heterocycles. The fourth-order valence-corrected chi connectivity index (χ4v) is 8.56. The van der Waals surface area contributed by atoms with Crippen molar-refractivity contribution in [3.8, 4) is 0 Å². The molecule has 0 amide bonds. The molecule has 0 saturated carbocycles. The first kappa shape index (κ1) is 32.9. The second-order valence-electron chi connectivity index (χ2n) is 15.7. The molecule has 53 heavy (non-hydrogen) atoms. The Morgan fingerprint density at radius 3 is 1.57 bits per heavy atom. The first-order chi connectivity index (χ1) is 25.7. The van der Waals surface area contributed by atoms with Gasteiger partial charge in [0.15, 0.2) is 0 Å². The van der Waals surface area contributed by atoms with E-state index >= 15 is 0 Å². The van der Waals surface area contributed by atoms with Gasteiger partial charge in [0.2, 0.25) is 0 Å². The van der Waals surface area contributed by atoms with E-state index in [-0.39, 0.29) is 12.1 Å². The highest BCUT2D eigenvalue weighted by Crippen LogP contribution is 2.53. The largest absolute Gasteiger partial charge is 0.311 e. The lowest BCUT2D eigenvalue weighted by Crippen LogP contribution is -2.62. The van der Waals surface area contributed by atoms with Crippen LogP contribution in [0.4, 0.5) is 51.2 Å². The van der Waals surface area contributed by atoms with Crippen LogP contribution in [-0.4, -0.2) is 6.71 Å². The van der Waals surface area contributed by atoms with E-state index in [0.29, 0.717) is 0 Å². The zero-order valence-electron chi connectivity index (χ0n) is 31.4. The molecule has 0 unspecified atom stereocenters. The monoisotopic (exact) mass is 685 g/mol. The third-order valence-corrected chi connectivity index (χ3v) is 10.9. The summed E-state index contributed by atoms with van der Waals surface area (Å²) >= 11 is 0. The van der Waals surface area contributed by atoms with Crippen molar-refractivity contribution < 1.29 is 0 Å². The Kier molecular flexibility index (Phi) is 7.82. The van der Waals surface area contributed by atoms with E-state index in [0.717, 1.165) is 22.7 Å². The van der Waals surface area contributed by atoms with Crippen LogP contribution in [0.2, 0.25) is 0 Å². The summed E-state index contributed by atoms with van der Waals surface area (Å²) in [6.45, 7) is 13.7. The SMILES string of the molecule is Cc1ccc(N2c3ccccc3B3c4cc(C)ccc4N(c4ccc(C)cc4)c4c3c2cc(N(c2ccccc2)c2ccccc2)c4C(C)(C)C)cc1. The van der Waals surface area contributed by atoms with E-state index in [1.54, 1.807) is 0 Å². The van der Waals surface area contributed by atoms with Crippen molar-refractivity contribution in [3.05, 3.63) is 180 Å². The highest BCUT2D eigenvalue weighted by Gasteiger charge is 2.46. The lowest BCUT2D eigenvalue weighted by Gasteiger charge is -2.47. The van der Waals surface area contributed by atoms with Gasteiger partial charge in [-0.05, 0) is 109 Å². The molecule has 0 atom stereocenters. The number of rotatable bonds is 5. The minimum atomic E-state index is -0.247. The lowest BCUT2D eigenvalue weighted by molar-refractivity contribution is 0.592. The predicted octanol–water partition coefficient (Wildman–Crippen LogP) is 11.5. The Balaban J connectivity index is 1.50. The van der Waals surface area contributed by atoms with Crippen molar-refractivity contribution in [1.82, 2.24) is 0 Å². The van der Waals surface area contributed by atoms with Crippen LogP contribution in [0.25, 0.3) is 0 Å². The molecular weight excluding hydrogens is 641 g/mol. The molecule has 0 saturated heterocycles. The van der Waals surface area contributed by atoms with Crippen LogP contribution in [0, 0.1) is 20.8 Å². The minimum Gasteiger partial charge on any atom is -0.311 e. The van der Waals surface area contributed by atoms with Gasteiger partial charge >= 0.3 is 0 Å². The fourth-order valence-electron chi connectivity index (χ4n) is 8.56. The summed E-state index contributed by atoms with van der Waals surface area (Å²) in [6.07, 6.45) is 0. The second-order valence-corrected chi connectivity index (χ2v) is 15.7. The summed E-state index contributed by atoms with van der Waals surface area (Å²) in [4.78, 5) is 7.56. The van der Waals surface area contributed by atoms with Crippen LogP contribution >= 0.6 is 0 Å². The molecule has 0 aliphatic carbocycles. The van der Waals surface area contributed by atoms with Gasteiger partial charge in [0.25, 0.3) is 6.71 Å². The van der Waals surface area contributed by atoms with Crippen molar-refractivity contribution in [2.45, 2.75) is 47.0 Å². The van der Waals surface area contributed by atoms with E-state index in [9.17, 15) is 0 Å². The van der Waals surface area contributed by atoms with Crippen LogP contribution in [0.3, 0.4) is 0 Å². The van der Waals surface area contributed by atoms with Gasteiger partial charge in [0.05, 0.1) is 5.69 Å². The molecule has 2 aliphatic heterocycles. The van der Waals surface area contributed by atoms with Gasteiger partial charge in [-0.3, -0.25) is 0 Å². The number of benzene rings is 7.